The molecule has 1 aliphatic heterocycles. The Morgan fingerprint density at radius 2 is 1.92 bits per heavy atom. The molecule has 0 saturated carbocycles. The van der Waals surface area contributed by atoms with E-state index in [2.05, 4.69) is 25.4 Å². The van der Waals surface area contributed by atoms with Crippen molar-refractivity contribution < 1.29 is 9.53 Å². The maximum absolute atomic E-state index is 12.8. The third kappa shape index (κ3) is 3.08. The number of hydrogen-bond acceptors (Lipinski definition) is 6. The van der Waals surface area contributed by atoms with Gasteiger partial charge in [0.1, 0.15) is 17.1 Å². The number of ether oxygens (including phenoxy) is 1. The van der Waals surface area contributed by atoms with E-state index in [-0.39, 0.29) is 12.0 Å². The van der Waals surface area contributed by atoms with Crippen LogP contribution in [0.25, 0.3) is 11.0 Å². The molecule has 8 nitrogen and oxygen atoms in total. The van der Waals surface area contributed by atoms with E-state index in [0.29, 0.717) is 36.6 Å². The van der Waals surface area contributed by atoms with E-state index < -0.39 is 0 Å². The van der Waals surface area contributed by atoms with Crippen LogP contribution >= 0.6 is 0 Å². The summed E-state index contributed by atoms with van der Waals surface area (Å²) in [6.45, 7) is 5.28. The van der Waals surface area contributed by atoms with Gasteiger partial charge in [0.2, 0.25) is 0 Å². The fourth-order valence-electron chi connectivity index (χ4n) is 3.04. The molecule has 3 heterocycles. The van der Waals surface area contributed by atoms with Gasteiger partial charge in [-0.1, -0.05) is 0 Å². The molecule has 1 unspecified atom stereocenters. The summed E-state index contributed by atoms with van der Waals surface area (Å²) in [5.41, 5.74) is 3.79. The number of morpholine rings is 1. The van der Waals surface area contributed by atoms with Gasteiger partial charge in [0.15, 0.2) is 5.82 Å². The highest BCUT2D eigenvalue weighted by Gasteiger charge is 2.28. The monoisotopic (exact) mass is 338 g/mol. The number of carbonyl (C=O) groups is 1. The molecule has 3 aromatic rings. The van der Waals surface area contributed by atoms with Crippen molar-refractivity contribution in [1.29, 1.82) is 0 Å². The number of aromatic nitrogens is 5. The van der Waals surface area contributed by atoms with Crippen LogP contribution in [-0.4, -0.2) is 55.9 Å². The van der Waals surface area contributed by atoms with Crippen LogP contribution < -0.4 is 0 Å². The van der Waals surface area contributed by atoms with E-state index in [9.17, 15) is 4.79 Å². The summed E-state index contributed by atoms with van der Waals surface area (Å²) in [5.74, 6) is 0.574. The predicted octanol–water partition coefficient (Wildman–Crippen LogP) is 1.58. The Morgan fingerprint density at radius 3 is 2.72 bits per heavy atom. The largest absolute Gasteiger partial charge is 0.367 e. The van der Waals surface area contributed by atoms with Gasteiger partial charge in [0.25, 0.3) is 5.91 Å². The number of nitrogens with zero attached hydrogens (tertiary/aromatic N) is 5. The van der Waals surface area contributed by atoms with Crippen molar-refractivity contribution in [3.05, 3.63) is 47.0 Å². The third-order valence-corrected chi connectivity index (χ3v) is 4.20. The van der Waals surface area contributed by atoms with Crippen molar-refractivity contribution in [2.24, 2.45) is 0 Å². The van der Waals surface area contributed by atoms with Crippen LogP contribution in [0.15, 0.2) is 24.3 Å². The topological polar surface area (TPSA) is 96.9 Å². The van der Waals surface area contributed by atoms with Crippen molar-refractivity contribution in [1.82, 2.24) is 30.3 Å². The van der Waals surface area contributed by atoms with Crippen LogP contribution in [0.4, 0.5) is 0 Å². The Labute approximate surface area is 144 Å². The van der Waals surface area contributed by atoms with Gasteiger partial charge in [0.05, 0.1) is 13.2 Å². The summed E-state index contributed by atoms with van der Waals surface area (Å²) in [4.78, 5) is 23.5. The Morgan fingerprint density at radius 1 is 1.16 bits per heavy atom. The van der Waals surface area contributed by atoms with Crippen molar-refractivity contribution in [2.45, 2.75) is 20.0 Å². The fourth-order valence-corrected chi connectivity index (χ4v) is 3.04. The minimum atomic E-state index is -0.313. The molecule has 1 aliphatic rings. The van der Waals surface area contributed by atoms with E-state index in [0.717, 1.165) is 16.9 Å². The van der Waals surface area contributed by atoms with Crippen molar-refractivity contribution in [3.8, 4) is 0 Å². The highest BCUT2D eigenvalue weighted by atomic mass is 16.5. The summed E-state index contributed by atoms with van der Waals surface area (Å²) >= 11 is 0. The molecule has 0 aliphatic carbocycles. The van der Waals surface area contributed by atoms with Crippen molar-refractivity contribution in [2.75, 3.05) is 19.7 Å². The summed E-state index contributed by atoms with van der Waals surface area (Å²) < 4.78 is 5.80. The molecule has 0 spiro atoms. The molecule has 1 saturated heterocycles. The number of H-pyrrole nitrogens is 1. The second-order valence-electron chi connectivity index (χ2n) is 6.15. The van der Waals surface area contributed by atoms with Crippen LogP contribution in [0.1, 0.15) is 33.7 Å². The molecule has 4 rings (SSSR count). The second-order valence-corrected chi connectivity index (χ2v) is 6.15. The lowest BCUT2D eigenvalue weighted by molar-refractivity contribution is -0.0269. The number of carbonyl (C=O) groups excluding carboxylic acids is 1. The molecule has 0 radical (unpaired) electrons. The predicted molar refractivity (Wildman–Crippen MR) is 90.0 cm³/mol. The lowest BCUT2D eigenvalue weighted by atomic mass is 10.1. The standard InChI is InChI=1S/C17H18N6O2/c1-10-7-11(2)19-16(18-10)15-9-23(5-6-25-15)17(24)12-3-4-13-14(8-12)21-22-20-13/h3-4,7-8,15H,5-6,9H2,1-2H3,(H,20,21,22). The molecule has 1 amide bonds. The Bertz CT molecular complexity index is 918. The smallest absolute Gasteiger partial charge is 0.254 e. The van der Waals surface area contributed by atoms with Gasteiger partial charge in [-0.15, -0.1) is 0 Å². The number of amides is 1. The summed E-state index contributed by atoms with van der Waals surface area (Å²) in [7, 11) is 0. The van der Waals surface area contributed by atoms with Gasteiger partial charge in [0, 0.05) is 23.5 Å². The van der Waals surface area contributed by atoms with E-state index in [4.69, 9.17) is 4.74 Å². The number of aryl methyl sites for hydroxylation is 2. The number of rotatable bonds is 2. The first kappa shape index (κ1) is 15.6. The molecule has 0 bridgehead atoms. The zero-order chi connectivity index (χ0) is 17.4. The zero-order valence-electron chi connectivity index (χ0n) is 14.1. The lowest BCUT2D eigenvalue weighted by Gasteiger charge is -2.32. The highest BCUT2D eigenvalue weighted by Crippen LogP contribution is 2.22. The molecule has 8 heteroatoms. The number of hydrogen-bond donors (Lipinski definition) is 1. The first-order chi connectivity index (χ1) is 12.1. The van der Waals surface area contributed by atoms with Crippen LogP contribution in [0.3, 0.4) is 0 Å². The average molecular weight is 338 g/mol. The van der Waals surface area contributed by atoms with Gasteiger partial charge < -0.3 is 9.64 Å². The fraction of sp³-hybridized carbons (Fsp3) is 0.353. The Balaban J connectivity index is 1.56. The second kappa shape index (κ2) is 6.21. The minimum Gasteiger partial charge on any atom is -0.367 e. The highest BCUT2D eigenvalue weighted by molar-refractivity contribution is 5.97. The van der Waals surface area contributed by atoms with E-state index >= 15 is 0 Å². The summed E-state index contributed by atoms with van der Waals surface area (Å²) in [5, 5.41) is 10.6. The van der Waals surface area contributed by atoms with Crippen LogP contribution in [0.5, 0.6) is 0 Å². The molecular formula is C17H18N6O2. The maximum Gasteiger partial charge on any atom is 0.254 e. The SMILES string of the molecule is Cc1cc(C)nc(C2CN(C(=O)c3ccc4n[nH]nc4c3)CCO2)n1. The van der Waals surface area contributed by atoms with E-state index in [1.807, 2.05) is 19.9 Å². The van der Waals surface area contributed by atoms with Gasteiger partial charge in [-0.25, -0.2) is 9.97 Å². The van der Waals surface area contributed by atoms with Crippen molar-refractivity contribution in [3.63, 3.8) is 0 Å². The molecule has 1 fully saturated rings. The van der Waals surface area contributed by atoms with Crippen molar-refractivity contribution >= 4 is 16.9 Å². The van der Waals surface area contributed by atoms with E-state index in [1.165, 1.54) is 0 Å². The third-order valence-electron chi connectivity index (χ3n) is 4.20. The van der Waals surface area contributed by atoms with Crippen LogP contribution in [-0.2, 0) is 4.74 Å². The summed E-state index contributed by atoms with van der Waals surface area (Å²) in [6.07, 6.45) is -0.313. The quantitative estimate of drug-likeness (QED) is 0.762. The molecule has 2 aromatic heterocycles. The molecule has 128 valence electrons. The van der Waals surface area contributed by atoms with Gasteiger partial charge in [-0.2, -0.15) is 15.4 Å². The Hall–Kier alpha value is -2.87. The first-order valence-electron chi connectivity index (χ1n) is 8.14. The first-order valence-corrected chi connectivity index (χ1v) is 8.14. The number of aromatic amines is 1. The van der Waals surface area contributed by atoms with E-state index in [1.54, 1.807) is 23.1 Å². The molecule has 1 aromatic carbocycles. The molecular weight excluding hydrogens is 320 g/mol. The number of fused-ring (bicyclic) bond motifs is 1. The number of nitrogens with one attached hydrogen (secondary N) is 1. The zero-order valence-corrected chi connectivity index (χ0v) is 14.1. The number of benzene rings is 1. The molecule has 1 atom stereocenters. The van der Waals surface area contributed by atoms with Gasteiger partial charge >= 0.3 is 0 Å². The molecule has 25 heavy (non-hydrogen) atoms. The minimum absolute atomic E-state index is 0.0532. The van der Waals surface area contributed by atoms with Crippen LogP contribution in [0, 0.1) is 13.8 Å². The molecule has 1 N–H and O–H groups in total. The van der Waals surface area contributed by atoms with Gasteiger partial charge in [-0.3, -0.25) is 4.79 Å². The normalized spacial score (nSPS) is 17.8. The van der Waals surface area contributed by atoms with Crippen LogP contribution in [0.2, 0.25) is 0 Å². The van der Waals surface area contributed by atoms with Gasteiger partial charge in [-0.05, 0) is 38.1 Å². The Kier molecular flexibility index (Phi) is 3.89. The summed E-state index contributed by atoms with van der Waals surface area (Å²) in [6, 6.07) is 7.23. The lowest BCUT2D eigenvalue weighted by Crippen LogP contribution is -2.42. The average Bonchev–Trinajstić information content (AvgIpc) is 3.08. The maximum atomic E-state index is 12.8.